The number of aliphatic carboxylic acids is 1. The molecule has 29 heavy (non-hydrogen) atoms. The molecule has 1 N–H and O–H groups in total. The van der Waals surface area contributed by atoms with Gasteiger partial charge in [-0.15, -0.1) is 0 Å². The Kier molecular flexibility index (Phi) is 9.49. The van der Waals surface area contributed by atoms with E-state index >= 15 is 0 Å². The molecular formula is C25H44O4. The van der Waals surface area contributed by atoms with E-state index in [1.807, 2.05) is 6.92 Å². The lowest BCUT2D eigenvalue weighted by Crippen LogP contribution is -2.40. The number of carboxylic acids is 1. The van der Waals surface area contributed by atoms with Gasteiger partial charge in [0.05, 0.1) is 18.4 Å². The van der Waals surface area contributed by atoms with Gasteiger partial charge in [-0.25, -0.2) is 0 Å². The Labute approximate surface area is 178 Å². The van der Waals surface area contributed by atoms with Gasteiger partial charge < -0.3 is 9.84 Å². The Hall–Kier alpha value is -1.06. The molecule has 0 spiro atoms. The molecule has 0 radical (unpaired) electrons. The SMILES string of the molecule is CCCCCC1CC(C)(CCC)CCC1COC(=O)C1CCCC(C)C1C(=O)O. The van der Waals surface area contributed by atoms with E-state index in [4.69, 9.17) is 4.74 Å². The van der Waals surface area contributed by atoms with Crippen molar-refractivity contribution < 1.29 is 19.4 Å². The van der Waals surface area contributed by atoms with Gasteiger partial charge in [0.15, 0.2) is 0 Å². The molecule has 2 saturated carbocycles. The van der Waals surface area contributed by atoms with Gasteiger partial charge in [-0.2, -0.15) is 0 Å². The van der Waals surface area contributed by atoms with Crippen LogP contribution in [0, 0.1) is 35.0 Å². The molecule has 0 aromatic heterocycles. The van der Waals surface area contributed by atoms with Gasteiger partial charge in [-0.3, -0.25) is 9.59 Å². The predicted octanol–water partition coefficient (Wildman–Crippen LogP) is 6.47. The zero-order valence-electron chi connectivity index (χ0n) is 19.3. The van der Waals surface area contributed by atoms with E-state index < -0.39 is 17.8 Å². The van der Waals surface area contributed by atoms with E-state index in [9.17, 15) is 14.7 Å². The Balaban J connectivity index is 1.96. The number of esters is 1. The molecule has 0 bridgehead atoms. The summed E-state index contributed by atoms with van der Waals surface area (Å²) in [5.41, 5.74) is 0.430. The fourth-order valence-corrected chi connectivity index (χ4v) is 6.11. The molecule has 0 aliphatic heterocycles. The van der Waals surface area contributed by atoms with E-state index in [0.717, 1.165) is 19.3 Å². The molecule has 0 saturated heterocycles. The highest BCUT2D eigenvalue weighted by atomic mass is 16.5. The van der Waals surface area contributed by atoms with Crippen LogP contribution >= 0.6 is 0 Å². The van der Waals surface area contributed by atoms with Gasteiger partial charge in [0.1, 0.15) is 0 Å². The summed E-state index contributed by atoms with van der Waals surface area (Å²) >= 11 is 0. The highest BCUT2D eigenvalue weighted by Crippen LogP contribution is 2.47. The van der Waals surface area contributed by atoms with Crippen LogP contribution in [0.3, 0.4) is 0 Å². The third-order valence-corrected chi connectivity index (χ3v) is 7.82. The molecule has 6 unspecified atom stereocenters. The number of ether oxygens (including phenoxy) is 1. The zero-order valence-corrected chi connectivity index (χ0v) is 19.3. The maximum Gasteiger partial charge on any atom is 0.309 e. The monoisotopic (exact) mass is 408 g/mol. The second-order valence-electron chi connectivity index (χ2n) is 10.3. The Morgan fingerprint density at radius 2 is 1.83 bits per heavy atom. The first-order valence-electron chi connectivity index (χ1n) is 12.2. The van der Waals surface area contributed by atoms with Gasteiger partial charge >= 0.3 is 11.9 Å². The smallest absolute Gasteiger partial charge is 0.309 e. The quantitative estimate of drug-likeness (QED) is 0.332. The Morgan fingerprint density at radius 1 is 1.07 bits per heavy atom. The fraction of sp³-hybridized carbons (Fsp3) is 0.920. The standard InChI is InChI=1S/C25H44O4/c1-5-7-8-11-19-16-25(4,14-6-2)15-13-20(19)17-29-24(28)21-12-9-10-18(3)22(21)23(26)27/h18-22H,5-17H2,1-4H3,(H,26,27). The van der Waals surface area contributed by atoms with Crippen LogP contribution in [0.15, 0.2) is 0 Å². The molecule has 2 aliphatic carbocycles. The van der Waals surface area contributed by atoms with Crippen LogP contribution in [-0.2, 0) is 14.3 Å². The molecule has 0 aromatic rings. The fourth-order valence-electron chi connectivity index (χ4n) is 6.11. The van der Waals surface area contributed by atoms with Gasteiger partial charge in [0.2, 0.25) is 0 Å². The van der Waals surface area contributed by atoms with E-state index in [1.54, 1.807) is 0 Å². The van der Waals surface area contributed by atoms with Crippen LogP contribution in [0.1, 0.15) is 105 Å². The highest BCUT2D eigenvalue weighted by molar-refractivity contribution is 5.81. The van der Waals surface area contributed by atoms with Crippen molar-refractivity contribution in [2.24, 2.45) is 35.0 Å². The van der Waals surface area contributed by atoms with Gasteiger partial charge in [-0.1, -0.05) is 66.2 Å². The van der Waals surface area contributed by atoms with Crippen molar-refractivity contribution in [1.82, 2.24) is 0 Å². The largest absolute Gasteiger partial charge is 0.481 e. The normalized spacial score (nSPS) is 35.2. The molecular weight excluding hydrogens is 364 g/mol. The van der Waals surface area contributed by atoms with Crippen molar-refractivity contribution in [2.75, 3.05) is 6.61 Å². The molecule has 0 heterocycles. The van der Waals surface area contributed by atoms with Gasteiger partial charge in [0, 0.05) is 0 Å². The van der Waals surface area contributed by atoms with Crippen LogP contribution in [0.2, 0.25) is 0 Å². The maximum absolute atomic E-state index is 12.8. The summed E-state index contributed by atoms with van der Waals surface area (Å²) in [7, 11) is 0. The van der Waals surface area contributed by atoms with Crippen molar-refractivity contribution >= 4 is 11.9 Å². The van der Waals surface area contributed by atoms with Crippen LogP contribution < -0.4 is 0 Å². The number of carbonyl (C=O) groups is 2. The van der Waals surface area contributed by atoms with Crippen molar-refractivity contribution in [3.05, 3.63) is 0 Å². The lowest BCUT2D eigenvalue weighted by Gasteiger charge is -2.43. The summed E-state index contributed by atoms with van der Waals surface area (Å²) in [6.07, 6.45) is 13.5. The summed E-state index contributed by atoms with van der Waals surface area (Å²) in [4.78, 5) is 24.5. The number of unbranched alkanes of at least 4 members (excludes halogenated alkanes) is 2. The van der Waals surface area contributed by atoms with Crippen molar-refractivity contribution in [2.45, 2.75) is 105 Å². The van der Waals surface area contributed by atoms with Crippen LogP contribution in [0.4, 0.5) is 0 Å². The maximum atomic E-state index is 12.8. The summed E-state index contributed by atoms with van der Waals surface area (Å²) in [5.74, 6) is -1.06. The summed E-state index contributed by atoms with van der Waals surface area (Å²) in [6.45, 7) is 9.39. The first-order valence-corrected chi connectivity index (χ1v) is 12.2. The van der Waals surface area contributed by atoms with E-state index in [2.05, 4.69) is 20.8 Å². The highest BCUT2D eigenvalue weighted by Gasteiger charge is 2.42. The summed E-state index contributed by atoms with van der Waals surface area (Å²) < 4.78 is 5.81. The molecule has 2 fully saturated rings. The zero-order chi connectivity index (χ0) is 21.4. The minimum absolute atomic E-state index is 0.0463. The molecule has 4 nitrogen and oxygen atoms in total. The summed E-state index contributed by atoms with van der Waals surface area (Å²) in [6, 6.07) is 0. The van der Waals surface area contributed by atoms with E-state index in [0.29, 0.717) is 30.3 Å². The molecule has 0 aromatic carbocycles. The van der Waals surface area contributed by atoms with Crippen molar-refractivity contribution in [3.8, 4) is 0 Å². The minimum Gasteiger partial charge on any atom is -0.481 e. The lowest BCUT2D eigenvalue weighted by molar-refractivity contribution is -0.163. The van der Waals surface area contributed by atoms with Crippen molar-refractivity contribution in [1.29, 1.82) is 0 Å². The van der Waals surface area contributed by atoms with Gasteiger partial charge in [-0.05, 0) is 61.7 Å². The average Bonchev–Trinajstić information content (AvgIpc) is 2.67. The molecule has 6 atom stereocenters. The number of hydrogen-bond donors (Lipinski definition) is 1. The molecule has 168 valence electrons. The van der Waals surface area contributed by atoms with E-state index in [-0.39, 0.29) is 11.9 Å². The van der Waals surface area contributed by atoms with Crippen LogP contribution in [0.25, 0.3) is 0 Å². The molecule has 4 heteroatoms. The lowest BCUT2D eigenvalue weighted by atomic mass is 9.63. The third kappa shape index (κ3) is 6.72. The first kappa shape index (κ1) is 24.2. The topological polar surface area (TPSA) is 63.6 Å². The number of hydrogen-bond acceptors (Lipinski definition) is 3. The average molecular weight is 409 g/mol. The number of carbonyl (C=O) groups excluding carboxylic acids is 1. The number of carboxylic acid groups (broad SMARTS) is 1. The first-order chi connectivity index (χ1) is 13.8. The Bertz CT molecular complexity index is 531. The summed E-state index contributed by atoms with van der Waals surface area (Å²) in [5, 5.41) is 9.61. The van der Waals surface area contributed by atoms with E-state index in [1.165, 1.54) is 51.4 Å². The second-order valence-corrected chi connectivity index (χ2v) is 10.3. The van der Waals surface area contributed by atoms with Crippen LogP contribution in [-0.4, -0.2) is 23.7 Å². The minimum atomic E-state index is -0.843. The molecule has 2 aliphatic rings. The van der Waals surface area contributed by atoms with Gasteiger partial charge in [0.25, 0.3) is 0 Å². The number of rotatable bonds is 10. The Morgan fingerprint density at radius 3 is 2.48 bits per heavy atom. The third-order valence-electron chi connectivity index (χ3n) is 7.82. The van der Waals surface area contributed by atoms with Crippen LogP contribution in [0.5, 0.6) is 0 Å². The molecule has 0 amide bonds. The predicted molar refractivity (Wildman–Crippen MR) is 117 cm³/mol. The molecule has 2 rings (SSSR count). The van der Waals surface area contributed by atoms with Crippen molar-refractivity contribution in [3.63, 3.8) is 0 Å². The second kappa shape index (κ2) is 11.4.